The first-order chi connectivity index (χ1) is 15.2. The Hall–Kier alpha value is -3.47. The fourth-order valence-electron chi connectivity index (χ4n) is 3.56. The van der Waals surface area contributed by atoms with E-state index in [4.69, 9.17) is 0 Å². The molecular weight excluding hydrogens is 427 g/mol. The minimum Gasteiger partial charge on any atom is -0.406 e. The Morgan fingerprint density at radius 1 is 1.19 bits per heavy atom. The summed E-state index contributed by atoms with van der Waals surface area (Å²) >= 11 is 0. The quantitative estimate of drug-likeness (QED) is 0.623. The Morgan fingerprint density at radius 3 is 2.53 bits per heavy atom. The van der Waals surface area contributed by atoms with Crippen LogP contribution in [0.1, 0.15) is 29.8 Å². The lowest BCUT2D eigenvalue weighted by molar-refractivity contribution is -0.274. The molecular formula is C21H20F3N5O3. The molecule has 3 aromatic rings. The van der Waals surface area contributed by atoms with Crippen molar-refractivity contribution in [1.82, 2.24) is 25.1 Å². The number of hydrogen-bond donors (Lipinski definition) is 2. The zero-order valence-electron chi connectivity index (χ0n) is 17.0. The third kappa shape index (κ3) is 5.05. The van der Waals surface area contributed by atoms with Crippen LogP contribution in [0.25, 0.3) is 22.6 Å². The van der Waals surface area contributed by atoms with Crippen LogP contribution >= 0.6 is 0 Å². The zero-order valence-corrected chi connectivity index (χ0v) is 17.0. The molecule has 8 nitrogen and oxygen atoms in total. The number of hydrogen-bond acceptors (Lipinski definition) is 6. The SMILES string of the molecule is Cn1cc(-c2nc(C(=O)N[C@H]3CCC[C@@H]3O)cc(-c3ccc(OC(F)(F)F)cc3)n2)cn1. The van der Waals surface area contributed by atoms with Gasteiger partial charge in [0.2, 0.25) is 0 Å². The lowest BCUT2D eigenvalue weighted by atomic mass is 10.1. The average molecular weight is 447 g/mol. The van der Waals surface area contributed by atoms with Gasteiger partial charge in [0, 0.05) is 18.8 Å². The number of aryl methyl sites for hydroxylation is 1. The largest absolute Gasteiger partial charge is 0.573 e. The van der Waals surface area contributed by atoms with Crippen molar-refractivity contribution >= 4 is 5.91 Å². The van der Waals surface area contributed by atoms with Gasteiger partial charge in [-0.3, -0.25) is 9.48 Å². The maximum atomic E-state index is 12.9. The van der Waals surface area contributed by atoms with Gasteiger partial charge in [-0.05, 0) is 49.6 Å². The molecule has 0 spiro atoms. The van der Waals surface area contributed by atoms with Gasteiger partial charge in [-0.25, -0.2) is 9.97 Å². The van der Waals surface area contributed by atoms with Crippen LogP contribution in [0, 0.1) is 0 Å². The van der Waals surface area contributed by atoms with E-state index in [1.54, 1.807) is 24.1 Å². The Kier molecular flexibility index (Phi) is 5.83. The van der Waals surface area contributed by atoms with Gasteiger partial charge in [0.1, 0.15) is 11.4 Å². The van der Waals surface area contributed by atoms with Crippen molar-refractivity contribution in [2.24, 2.45) is 7.05 Å². The van der Waals surface area contributed by atoms with Crippen molar-refractivity contribution in [2.45, 2.75) is 37.8 Å². The molecule has 0 saturated heterocycles. The number of nitrogens with zero attached hydrogens (tertiary/aromatic N) is 4. The maximum Gasteiger partial charge on any atom is 0.573 e. The normalized spacial score (nSPS) is 18.5. The maximum absolute atomic E-state index is 12.9. The molecule has 2 N–H and O–H groups in total. The Labute approximate surface area is 181 Å². The third-order valence-corrected chi connectivity index (χ3v) is 5.10. The minimum absolute atomic E-state index is 0.0728. The Balaban J connectivity index is 1.68. The molecule has 1 aliphatic rings. The van der Waals surface area contributed by atoms with E-state index in [9.17, 15) is 23.1 Å². The lowest BCUT2D eigenvalue weighted by Gasteiger charge is -2.16. The highest BCUT2D eigenvalue weighted by Gasteiger charge is 2.31. The fourth-order valence-corrected chi connectivity index (χ4v) is 3.56. The molecule has 1 aliphatic carbocycles. The molecule has 1 aromatic carbocycles. The monoisotopic (exact) mass is 447 g/mol. The number of halogens is 3. The van der Waals surface area contributed by atoms with Crippen LogP contribution in [0.5, 0.6) is 5.75 Å². The summed E-state index contributed by atoms with van der Waals surface area (Å²) in [5, 5.41) is 16.9. The van der Waals surface area contributed by atoms with Crippen LogP contribution in [0.15, 0.2) is 42.7 Å². The van der Waals surface area contributed by atoms with Crippen molar-refractivity contribution in [2.75, 3.05) is 0 Å². The van der Waals surface area contributed by atoms with Gasteiger partial charge in [-0.15, -0.1) is 13.2 Å². The number of aliphatic hydroxyl groups excluding tert-OH is 1. The summed E-state index contributed by atoms with van der Waals surface area (Å²) in [6.45, 7) is 0. The zero-order chi connectivity index (χ0) is 22.9. The molecule has 0 radical (unpaired) electrons. The average Bonchev–Trinajstić information content (AvgIpc) is 3.35. The van der Waals surface area contributed by atoms with Gasteiger partial charge in [-0.1, -0.05) is 0 Å². The molecule has 2 atom stereocenters. The van der Waals surface area contributed by atoms with E-state index in [1.165, 1.54) is 30.3 Å². The smallest absolute Gasteiger partial charge is 0.406 e. The molecule has 0 bridgehead atoms. The van der Waals surface area contributed by atoms with Crippen LogP contribution in [0.3, 0.4) is 0 Å². The van der Waals surface area contributed by atoms with Gasteiger partial charge in [0.15, 0.2) is 5.82 Å². The van der Waals surface area contributed by atoms with Gasteiger partial charge < -0.3 is 15.2 Å². The second-order valence-electron chi connectivity index (χ2n) is 7.52. The van der Waals surface area contributed by atoms with Crippen LogP contribution < -0.4 is 10.1 Å². The van der Waals surface area contributed by atoms with E-state index in [-0.39, 0.29) is 23.3 Å². The molecule has 4 rings (SSSR count). The first-order valence-electron chi connectivity index (χ1n) is 9.91. The number of aromatic nitrogens is 4. The lowest BCUT2D eigenvalue weighted by Crippen LogP contribution is -2.40. The Morgan fingerprint density at radius 2 is 1.94 bits per heavy atom. The second-order valence-corrected chi connectivity index (χ2v) is 7.52. The van der Waals surface area contributed by atoms with Gasteiger partial charge in [-0.2, -0.15) is 5.10 Å². The highest BCUT2D eigenvalue weighted by Crippen LogP contribution is 2.27. The number of aliphatic hydroxyl groups is 1. The predicted molar refractivity (Wildman–Crippen MR) is 107 cm³/mol. The summed E-state index contributed by atoms with van der Waals surface area (Å²) in [6, 6.07) is 6.27. The van der Waals surface area contributed by atoms with E-state index in [0.29, 0.717) is 29.7 Å². The molecule has 11 heteroatoms. The highest BCUT2D eigenvalue weighted by atomic mass is 19.4. The Bertz CT molecular complexity index is 1110. The summed E-state index contributed by atoms with van der Waals surface area (Å²) in [4.78, 5) is 21.7. The molecule has 32 heavy (non-hydrogen) atoms. The summed E-state index contributed by atoms with van der Waals surface area (Å²) in [7, 11) is 1.72. The molecule has 1 fully saturated rings. The van der Waals surface area contributed by atoms with Crippen molar-refractivity contribution in [3.05, 3.63) is 48.4 Å². The molecule has 0 aliphatic heterocycles. The van der Waals surface area contributed by atoms with Crippen molar-refractivity contribution < 1.29 is 27.8 Å². The number of ether oxygens (including phenoxy) is 1. The van der Waals surface area contributed by atoms with E-state index in [0.717, 1.165) is 6.42 Å². The van der Waals surface area contributed by atoms with Crippen LogP contribution in [0.2, 0.25) is 0 Å². The number of alkyl halides is 3. The van der Waals surface area contributed by atoms with E-state index in [1.807, 2.05) is 0 Å². The predicted octanol–water partition coefficient (Wildman–Crippen LogP) is 3.09. The highest BCUT2D eigenvalue weighted by molar-refractivity contribution is 5.94. The van der Waals surface area contributed by atoms with E-state index < -0.39 is 18.4 Å². The number of carbonyl (C=O) groups excluding carboxylic acids is 1. The number of carbonyl (C=O) groups is 1. The summed E-state index contributed by atoms with van der Waals surface area (Å²) < 4.78 is 42.8. The number of benzene rings is 1. The summed E-state index contributed by atoms with van der Waals surface area (Å²) in [6.07, 6.45) is -0.0779. The first-order valence-corrected chi connectivity index (χ1v) is 9.91. The molecule has 0 unspecified atom stereocenters. The standard InChI is InChI=1S/C21H20F3N5O3/c1-29-11-13(10-25-29)19-26-16(12-5-7-14(8-6-12)32-21(22,23)24)9-17(27-19)20(31)28-15-3-2-4-18(15)30/h5-11,15,18,30H,2-4H2,1H3,(H,28,31)/t15-,18-/m0/s1. The topological polar surface area (TPSA) is 102 Å². The third-order valence-electron chi connectivity index (χ3n) is 5.10. The van der Waals surface area contributed by atoms with E-state index in [2.05, 4.69) is 25.1 Å². The molecule has 168 valence electrons. The van der Waals surface area contributed by atoms with Crippen molar-refractivity contribution in [3.8, 4) is 28.4 Å². The van der Waals surface area contributed by atoms with Gasteiger partial charge in [0.25, 0.3) is 5.91 Å². The summed E-state index contributed by atoms with van der Waals surface area (Å²) in [5.74, 6) is -0.596. The second kappa shape index (κ2) is 8.58. The molecule has 1 saturated carbocycles. The van der Waals surface area contributed by atoms with Crippen molar-refractivity contribution in [3.63, 3.8) is 0 Å². The van der Waals surface area contributed by atoms with Crippen LogP contribution in [0.4, 0.5) is 13.2 Å². The number of rotatable bonds is 5. The van der Waals surface area contributed by atoms with Gasteiger partial charge >= 0.3 is 6.36 Å². The van der Waals surface area contributed by atoms with Crippen molar-refractivity contribution in [1.29, 1.82) is 0 Å². The van der Waals surface area contributed by atoms with E-state index >= 15 is 0 Å². The molecule has 2 aromatic heterocycles. The fraction of sp³-hybridized carbons (Fsp3) is 0.333. The van der Waals surface area contributed by atoms with Crippen LogP contribution in [-0.2, 0) is 7.05 Å². The number of nitrogens with one attached hydrogen (secondary N) is 1. The van der Waals surface area contributed by atoms with Gasteiger partial charge in [0.05, 0.1) is 29.6 Å². The minimum atomic E-state index is -4.79. The van der Waals surface area contributed by atoms with Crippen LogP contribution in [-0.4, -0.2) is 49.3 Å². The molecule has 1 amide bonds. The number of amides is 1. The first kappa shape index (κ1) is 21.8. The molecule has 2 heterocycles. The summed E-state index contributed by atoms with van der Waals surface area (Å²) in [5.41, 5.74) is 1.46.